The van der Waals surface area contributed by atoms with E-state index in [4.69, 9.17) is 14.2 Å². The van der Waals surface area contributed by atoms with Crippen LogP contribution in [0.1, 0.15) is 62.4 Å². The topological polar surface area (TPSA) is 97.3 Å². The zero-order chi connectivity index (χ0) is 27.2. The highest BCUT2D eigenvalue weighted by atomic mass is 19.1. The smallest absolute Gasteiger partial charge is 0.410 e. The number of ether oxygens (including phenoxy) is 3. The maximum atomic E-state index is 15.0. The van der Waals surface area contributed by atoms with Crippen LogP contribution in [0.25, 0.3) is 0 Å². The van der Waals surface area contributed by atoms with Gasteiger partial charge in [-0.1, -0.05) is 0 Å². The molecule has 0 saturated carbocycles. The Hall–Kier alpha value is -3.47. The lowest BCUT2D eigenvalue weighted by molar-refractivity contribution is 0.00731. The number of hydrazine groups is 1. The van der Waals surface area contributed by atoms with Crippen LogP contribution in [-0.4, -0.2) is 81.8 Å². The Balaban J connectivity index is 1.39. The molecule has 4 rings (SSSR count). The van der Waals surface area contributed by atoms with Gasteiger partial charge < -0.3 is 19.1 Å². The fraction of sp³-hybridized carbons (Fsp3) is 0.556. The van der Waals surface area contributed by atoms with Crippen molar-refractivity contribution in [3.63, 3.8) is 0 Å². The summed E-state index contributed by atoms with van der Waals surface area (Å²) < 4.78 is 32.1. The normalized spacial score (nSPS) is 16.5. The first-order valence-corrected chi connectivity index (χ1v) is 13.2. The minimum atomic E-state index is -0.658. The fourth-order valence-electron chi connectivity index (χ4n) is 4.61. The van der Waals surface area contributed by atoms with E-state index >= 15 is 4.39 Å². The Kier molecular flexibility index (Phi) is 8.98. The molecule has 0 aliphatic carbocycles. The van der Waals surface area contributed by atoms with Gasteiger partial charge in [-0.15, -0.1) is 0 Å². The summed E-state index contributed by atoms with van der Waals surface area (Å²) in [7, 11) is 0. The van der Waals surface area contributed by atoms with Gasteiger partial charge in [-0.25, -0.2) is 24.2 Å². The van der Waals surface area contributed by atoms with E-state index in [-0.39, 0.29) is 41.4 Å². The number of carbonyl (C=O) groups excluding carboxylic acids is 2. The van der Waals surface area contributed by atoms with Crippen molar-refractivity contribution < 1.29 is 28.2 Å². The van der Waals surface area contributed by atoms with Gasteiger partial charge in [0.15, 0.2) is 11.6 Å². The summed E-state index contributed by atoms with van der Waals surface area (Å²) in [5.41, 5.74) is 0.788. The zero-order valence-corrected chi connectivity index (χ0v) is 22.5. The molecule has 0 N–H and O–H groups in total. The molecule has 0 radical (unpaired) electrons. The van der Waals surface area contributed by atoms with Crippen molar-refractivity contribution in [3.8, 4) is 17.5 Å². The van der Waals surface area contributed by atoms with Gasteiger partial charge in [-0.05, 0) is 58.7 Å². The second-order valence-electron chi connectivity index (χ2n) is 9.77. The van der Waals surface area contributed by atoms with Crippen LogP contribution in [0.4, 0.5) is 9.18 Å². The minimum absolute atomic E-state index is 0.0458. The number of hydrogen-bond donors (Lipinski definition) is 0. The number of amides is 2. The molecule has 2 saturated heterocycles. The highest BCUT2D eigenvalue weighted by molar-refractivity contribution is 5.94. The molecule has 3 heterocycles. The molecule has 206 valence electrons. The number of aromatic nitrogens is 2. The average molecular weight is 530 g/mol. The minimum Gasteiger partial charge on any atom is -0.474 e. The summed E-state index contributed by atoms with van der Waals surface area (Å²) in [6.07, 6.45) is 4.02. The van der Waals surface area contributed by atoms with Crippen molar-refractivity contribution in [3.05, 3.63) is 41.5 Å². The molecule has 0 bridgehead atoms. The van der Waals surface area contributed by atoms with E-state index in [1.165, 1.54) is 18.5 Å². The third-order valence-corrected chi connectivity index (χ3v) is 6.65. The predicted octanol–water partition coefficient (Wildman–Crippen LogP) is 4.58. The molecule has 38 heavy (non-hydrogen) atoms. The molecule has 0 unspecified atom stereocenters. The third kappa shape index (κ3) is 6.50. The van der Waals surface area contributed by atoms with E-state index in [0.717, 1.165) is 25.9 Å². The number of likely N-dealkylation sites (tertiary alicyclic amines) is 1. The van der Waals surface area contributed by atoms with E-state index in [9.17, 15) is 9.59 Å². The molecular formula is C27H36FN5O5. The molecule has 2 aromatic rings. The first kappa shape index (κ1) is 27.6. The summed E-state index contributed by atoms with van der Waals surface area (Å²) >= 11 is 0. The van der Waals surface area contributed by atoms with Crippen LogP contribution in [0, 0.1) is 12.7 Å². The number of rotatable bonds is 8. The zero-order valence-electron chi connectivity index (χ0n) is 22.5. The molecule has 10 nitrogen and oxygen atoms in total. The van der Waals surface area contributed by atoms with Gasteiger partial charge in [0.1, 0.15) is 12.4 Å². The Morgan fingerprint density at radius 2 is 1.79 bits per heavy atom. The van der Waals surface area contributed by atoms with Crippen molar-refractivity contribution in [1.29, 1.82) is 0 Å². The van der Waals surface area contributed by atoms with Gasteiger partial charge in [0.2, 0.25) is 11.8 Å². The van der Waals surface area contributed by atoms with Crippen LogP contribution < -0.4 is 9.47 Å². The van der Waals surface area contributed by atoms with Gasteiger partial charge >= 0.3 is 6.09 Å². The van der Waals surface area contributed by atoms with E-state index in [1.54, 1.807) is 22.9 Å². The van der Waals surface area contributed by atoms with Crippen molar-refractivity contribution >= 4 is 12.0 Å². The first-order chi connectivity index (χ1) is 18.3. The molecule has 0 spiro atoms. The van der Waals surface area contributed by atoms with E-state index in [1.807, 2.05) is 25.8 Å². The summed E-state index contributed by atoms with van der Waals surface area (Å²) in [4.78, 5) is 35.1. The summed E-state index contributed by atoms with van der Waals surface area (Å²) in [5.74, 6) is -0.435. The summed E-state index contributed by atoms with van der Waals surface area (Å²) in [5, 5.41) is 3.68. The van der Waals surface area contributed by atoms with Crippen molar-refractivity contribution in [1.82, 2.24) is 24.9 Å². The number of hydrogen-bond acceptors (Lipinski definition) is 8. The molecule has 0 atom stereocenters. The van der Waals surface area contributed by atoms with E-state index < -0.39 is 5.82 Å². The van der Waals surface area contributed by atoms with Gasteiger partial charge in [-0.3, -0.25) is 9.80 Å². The monoisotopic (exact) mass is 529 g/mol. The van der Waals surface area contributed by atoms with Crippen LogP contribution in [0.3, 0.4) is 0 Å². The number of nitrogens with zero attached hydrogens (tertiary/aromatic N) is 5. The third-order valence-electron chi connectivity index (χ3n) is 6.65. The Morgan fingerprint density at radius 3 is 2.42 bits per heavy atom. The fourth-order valence-corrected chi connectivity index (χ4v) is 4.61. The van der Waals surface area contributed by atoms with Crippen LogP contribution in [0.5, 0.6) is 17.5 Å². The number of halogens is 1. The number of carbonyl (C=O) groups is 2. The highest BCUT2D eigenvalue weighted by Crippen LogP contribution is 2.31. The summed E-state index contributed by atoms with van der Waals surface area (Å²) in [6.45, 7) is 10.5. The second-order valence-corrected chi connectivity index (χ2v) is 9.77. The van der Waals surface area contributed by atoms with Gasteiger partial charge in [0.25, 0.3) is 5.91 Å². The molecular weight excluding hydrogens is 493 g/mol. The maximum absolute atomic E-state index is 15.0. The quantitative estimate of drug-likeness (QED) is 0.490. The first-order valence-electron chi connectivity index (χ1n) is 13.2. The van der Waals surface area contributed by atoms with Gasteiger partial charge in [0.05, 0.1) is 11.7 Å². The van der Waals surface area contributed by atoms with E-state index in [2.05, 4.69) is 9.97 Å². The van der Waals surface area contributed by atoms with Crippen molar-refractivity contribution in [2.75, 3.05) is 32.7 Å². The molecule has 1 aromatic heterocycles. The molecule has 2 fully saturated rings. The number of benzene rings is 1. The van der Waals surface area contributed by atoms with Crippen LogP contribution in [0.2, 0.25) is 0 Å². The predicted molar refractivity (Wildman–Crippen MR) is 138 cm³/mol. The molecule has 2 aliphatic heterocycles. The SMILES string of the molecule is CCN(C(=O)c1ccc(Oc2ncnc(OC3CCN(C(=O)OC(C)C)CC3)c2C)c(F)c1)N1CCCC1. The van der Waals surface area contributed by atoms with Gasteiger partial charge in [0, 0.05) is 51.1 Å². The van der Waals surface area contributed by atoms with Crippen LogP contribution in [0.15, 0.2) is 24.5 Å². The van der Waals surface area contributed by atoms with Gasteiger partial charge in [-0.2, -0.15) is 0 Å². The molecule has 1 aromatic carbocycles. The lowest BCUT2D eigenvalue weighted by atomic mass is 10.1. The average Bonchev–Trinajstić information content (AvgIpc) is 3.42. The molecule has 11 heteroatoms. The van der Waals surface area contributed by atoms with Crippen LogP contribution in [-0.2, 0) is 4.74 Å². The molecule has 2 amide bonds. The highest BCUT2D eigenvalue weighted by Gasteiger charge is 2.27. The lowest BCUT2D eigenvalue weighted by Crippen LogP contribution is -2.44. The van der Waals surface area contributed by atoms with Crippen molar-refractivity contribution in [2.45, 2.75) is 65.6 Å². The largest absolute Gasteiger partial charge is 0.474 e. The second kappa shape index (κ2) is 12.4. The Labute approximate surface area is 222 Å². The van der Waals surface area contributed by atoms with E-state index in [0.29, 0.717) is 43.9 Å². The summed E-state index contributed by atoms with van der Waals surface area (Å²) in [6, 6.07) is 4.20. The number of piperidine rings is 1. The van der Waals surface area contributed by atoms with Crippen molar-refractivity contribution in [2.24, 2.45) is 0 Å². The Morgan fingerprint density at radius 1 is 1.11 bits per heavy atom. The maximum Gasteiger partial charge on any atom is 0.410 e. The van der Waals surface area contributed by atoms with Crippen LogP contribution >= 0.6 is 0 Å². The lowest BCUT2D eigenvalue weighted by Gasteiger charge is -2.32. The Bertz CT molecular complexity index is 1130. The molecule has 2 aliphatic rings. The standard InChI is InChI=1S/C27H36FN5O5/c1-5-33(32-12-6-7-13-32)26(34)20-8-9-23(22(28)16-20)38-25-19(4)24(29-17-30-25)37-21-10-14-31(15-11-21)27(35)36-18(2)3/h8-9,16-18,21H,5-7,10-15H2,1-4H3.